The smallest absolute Gasteiger partial charge is 0.346 e. The van der Waals surface area contributed by atoms with Crippen LogP contribution in [-0.2, 0) is 42.2 Å². The second-order valence-electron chi connectivity index (χ2n) is 6.28. The Morgan fingerprint density at radius 2 is 1.12 bits per heavy atom. The van der Waals surface area contributed by atoms with Crippen molar-refractivity contribution < 1.29 is 38.1 Å². The van der Waals surface area contributed by atoms with E-state index in [1.54, 1.807) is 27.7 Å². The van der Waals surface area contributed by atoms with Gasteiger partial charge in [-0.25, -0.2) is 19.2 Å². The van der Waals surface area contributed by atoms with Gasteiger partial charge < -0.3 is 18.9 Å². The van der Waals surface area contributed by atoms with E-state index in [4.69, 9.17) is 18.9 Å². The summed E-state index contributed by atoms with van der Waals surface area (Å²) in [5, 5.41) is 0. The third-order valence-corrected chi connectivity index (χ3v) is 11.4. The van der Waals surface area contributed by atoms with Gasteiger partial charge in [0.25, 0.3) is 4.74 Å². The molecule has 0 aromatic carbocycles. The Hall–Kier alpha value is -1.74. The van der Waals surface area contributed by atoms with E-state index in [1.807, 2.05) is 0 Å². The minimum Gasteiger partial charge on any atom is -0.463 e. The Morgan fingerprint density at radius 1 is 0.676 bits per heavy atom. The normalized spacial score (nSPS) is 16.4. The van der Waals surface area contributed by atoms with Crippen molar-refractivity contribution in [1.29, 1.82) is 0 Å². The maximum absolute atomic E-state index is 13.3. The van der Waals surface area contributed by atoms with Gasteiger partial charge in [-0.15, -0.1) is 0 Å². The molecule has 9 nitrogen and oxygen atoms in total. The molecule has 0 unspecified atom stereocenters. The van der Waals surface area contributed by atoms with Crippen LogP contribution in [0.3, 0.4) is 0 Å². The van der Waals surface area contributed by atoms with Gasteiger partial charge in [0.1, 0.15) is 18.8 Å². The maximum atomic E-state index is 13.3. The first-order valence-electron chi connectivity index (χ1n) is 10.1. The molecule has 14 heteroatoms. The Morgan fingerprint density at radius 3 is 1.59 bits per heavy atom. The fraction of sp³-hybridized carbons (Fsp3) is 0.450. The van der Waals surface area contributed by atoms with Crippen molar-refractivity contribution in [2.75, 3.05) is 26.4 Å². The number of thioether (sulfide) groups is 3. The molecule has 0 amide bonds. The van der Waals surface area contributed by atoms with E-state index in [0.717, 1.165) is 56.0 Å². The molecule has 0 fully saturated rings. The second-order valence-corrected chi connectivity index (χ2v) is 12.1. The number of carbonyl (C=O) groups is 4. The number of fused-ring (bicyclic) bond motifs is 2. The molecular weight excluding hydrogens is 545 g/mol. The molecule has 2 aliphatic rings. The molecule has 0 atom stereocenters. The van der Waals surface area contributed by atoms with E-state index in [-0.39, 0.29) is 56.4 Å². The first-order valence-corrected chi connectivity index (χ1v) is 14.7. The third kappa shape index (κ3) is 4.83. The molecule has 184 valence electrons. The molecule has 0 saturated carbocycles. The van der Waals surface area contributed by atoms with Gasteiger partial charge in [0.2, 0.25) is 0 Å². The summed E-state index contributed by atoms with van der Waals surface area (Å²) in [5.74, 6) is -3.17. The van der Waals surface area contributed by atoms with E-state index < -0.39 is 28.0 Å². The van der Waals surface area contributed by atoms with Crippen LogP contribution in [0.2, 0.25) is 0 Å². The lowest BCUT2D eigenvalue weighted by Crippen LogP contribution is -2.32. The van der Waals surface area contributed by atoms with Gasteiger partial charge >= 0.3 is 23.9 Å². The van der Waals surface area contributed by atoms with Crippen molar-refractivity contribution in [2.24, 2.45) is 0 Å². The van der Waals surface area contributed by atoms with Gasteiger partial charge in [-0.3, -0.25) is 4.79 Å². The highest BCUT2D eigenvalue weighted by atomic mass is 32.9. The van der Waals surface area contributed by atoms with Gasteiger partial charge in [-0.05, 0) is 38.0 Å². The largest absolute Gasteiger partial charge is 0.463 e. The summed E-state index contributed by atoms with van der Waals surface area (Å²) in [6.07, 6.45) is 0. The van der Waals surface area contributed by atoms with Crippen molar-refractivity contribution in [3.8, 4) is 0 Å². The van der Waals surface area contributed by atoms with Gasteiger partial charge in [0.05, 0.1) is 41.8 Å². The van der Waals surface area contributed by atoms with E-state index in [1.165, 1.54) is 0 Å². The number of carbonyl (C=O) groups excluding carboxylic acids is 4. The van der Waals surface area contributed by atoms with Crippen molar-refractivity contribution in [3.63, 3.8) is 0 Å². The molecule has 2 aliphatic heterocycles. The molecule has 0 saturated heterocycles. The molecule has 0 aliphatic carbocycles. The Bertz CT molecular complexity index is 1110. The van der Waals surface area contributed by atoms with Crippen molar-refractivity contribution in [2.45, 2.75) is 36.7 Å². The SMILES string of the molecule is CCOC(=O)C1=C(C(=O)OCC)SC2(S1)C(C(=O)OCC)=C(C(=O)OCC)Sc1c2ssc1=O. The van der Waals surface area contributed by atoms with Crippen molar-refractivity contribution >= 4 is 79.8 Å². The zero-order valence-corrected chi connectivity index (χ0v) is 22.6. The van der Waals surface area contributed by atoms with Gasteiger partial charge in [0, 0.05) is 0 Å². The lowest BCUT2D eigenvalue weighted by Gasteiger charge is -2.33. The molecule has 1 aromatic heterocycles. The summed E-state index contributed by atoms with van der Waals surface area (Å²) < 4.78 is 18.9. The van der Waals surface area contributed by atoms with Crippen LogP contribution in [0.5, 0.6) is 0 Å². The summed E-state index contributed by atoms with van der Waals surface area (Å²) in [7, 11) is 2.04. The quantitative estimate of drug-likeness (QED) is 0.260. The topological polar surface area (TPSA) is 122 Å². The van der Waals surface area contributed by atoms with Gasteiger partial charge in [0.15, 0.2) is 0 Å². The van der Waals surface area contributed by atoms with Crippen LogP contribution in [0, 0.1) is 0 Å². The Kier molecular flexibility index (Phi) is 8.95. The molecule has 1 aromatic rings. The van der Waals surface area contributed by atoms with Gasteiger partial charge in [-0.1, -0.05) is 45.6 Å². The third-order valence-electron chi connectivity index (χ3n) is 4.21. The number of rotatable bonds is 8. The molecule has 0 N–H and O–H groups in total. The Balaban J connectivity index is 2.29. The zero-order valence-electron chi connectivity index (χ0n) is 18.5. The standard InChI is InChI=1S/C20H20O9S5/c1-5-26-15(21)9-10(16(22)27-6-2)30-13-14(33-34-19(13)25)20(9)31-11(17(23)28-7-3)12(32-20)18(24)29-8-4/h5-8H2,1-4H3. The lowest BCUT2D eigenvalue weighted by molar-refractivity contribution is -0.141. The number of hydrogen-bond donors (Lipinski definition) is 0. The average Bonchev–Trinajstić information content (AvgIpc) is 3.37. The van der Waals surface area contributed by atoms with Crippen LogP contribution in [0.4, 0.5) is 0 Å². The number of ether oxygens (including phenoxy) is 4. The van der Waals surface area contributed by atoms with Crippen molar-refractivity contribution in [1.82, 2.24) is 0 Å². The minimum atomic E-state index is -1.51. The van der Waals surface area contributed by atoms with Crippen LogP contribution in [0.25, 0.3) is 0 Å². The van der Waals surface area contributed by atoms with Crippen LogP contribution in [0.1, 0.15) is 32.6 Å². The van der Waals surface area contributed by atoms with E-state index >= 15 is 0 Å². The summed E-state index contributed by atoms with van der Waals surface area (Å²) in [5.41, 5.74) is -0.101. The molecule has 1 spiro atoms. The van der Waals surface area contributed by atoms with E-state index in [0.29, 0.717) is 4.88 Å². The van der Waals surface area contributed by atoms with Crippen molar-refractivity contribution in [3.05, 3.63) is 34.7 Å². The first-order chi connectivity index (χ1) is 16.2. The fourth-order valence-corrected chi connectivity index (χ4v) is 11.1. The summed E-state index contributed by atoms with van der Waals surface area (Å²) in [6, 6.07) is 0. The van der Waals surface area contributed by atoms with Crippen LogP contribution >= 0.6 is 56.0 Å². The minimum absolute atomic E-state index is 0.0180. The molecule has 3 rings (SSSR count). The predicted molar refractivity (Wildman–Crippen MR) is 132 cm³/mol. The second kappa shape index (κ2) is 11.3. The zero-order chi connectivity index (χ0) is 25.0. The fourth-order valence-electron chi connectivity index (χ4n) is 2.98. The summed E-state index contributed by atoms with van der Waals surface area (Å²) in [4.78, 5) is 64.9. The highest BCUT2D eigenvalue weighted by molar-refractivity contribution is 8.25. The highest BCUT2D eigenvalue weighted by Gasteiger charge is 2.58. The summed E-state index contributed by atoms with van der Waals surface area (Å²) >= 11 is 2.57. The number of esters is 4. The lowest BCUT2D eigenvalue weighted by atomic mass is 10.1. The highest BCUT2D eigenvalue weighted by Crippen LogP contribution is 2.69. The predicted octanol–water partition coefficient (Wildman–Crippen LogP) is 3.63. The van der Waals surface area contributed by atoms with Crippen LogP contribution in [-0.4, -0.2) is 50.3 Å². The van der Waals surface area contributed by atoms with Crippen LogP contribution < -0.4 is 4.74 Å². The molecule has 0 radical (unpaired) electrons. The molecule has 0 bridgehead atoms. The average molecular weight is 565 g/mol. The Labute approximate surface area is 215 Å². The summed E-state index contributed by atoms with van der Waals surface area (Å²) in [6.45, 7) is 6.63. The van der Waals surface area contributed by atoms with Gasteiger partial charge in [-0.2, -0.15) is 0 Å². The maximum Gasteiger partial charge on any atom is 0.346 e. The van der Waals surface area contributed by atoms with E-state index in [9.17, 15) is 24.0 Å². The van der Waals surface area contributed by atoms with E-state index in [2.05, 4.69) is 0 Å². The molecule has 3 heterocycles. The van der Waals surface area contributed by atoms with Crippen LogP contribution in [0.15, 0.2) is 30.0 Å². The monoisotopic (exact) mass is 564 g/mol. The number of hydrogen-bond acceptors (Lipinski definition) is 14. The first kappa shape index (κ1) is 26.9. The molecule has 34 heavy (non-hydrogen) atoms. The molecular formula is C20H20O9S5.